The van der Waals surface area contributed by atoms with E-state index in [-0.39, 0.29) is 31.1 Å². The quantitative estimate of drug-likeness (QED) is 0.0261. The zero-order valence-corrected chi connectivity index (χ0v) is 52.1. The minimum atomic E-state index is -0.783. The summed E-state index contributed by atoms with van der Waals surface area (Å²) >= 11 is 0. The van der Waals surface area contributed by atoms with Gasteiger partial charge in [-0.15, -0.1) is 0 Å². The first-order valence-corrected chi connectivity index (χ1v) is 33.7. The summed E-state index contributed by atoms with van der Waals surface area (Å²) in [6.07, 6.45) is 90.0. The highest BCUT2D eigenvalue weighted by molar-refractivity contribution is 5.71. The monoisotopic (exact) mass is 1100 g/mol. The van der Waals surface area contributed by atoms with Crippen molar-refractivity contribution in [3.63, 3.8) is 0 Å². The van der Waals surface area contributed by atoms with E-state index in [0.29, 0.717) is 19.3 Å². The topological polar surface area (TPSA) is 78.9 Å². The summed E-state index contributed by atoms with van der Waals surface area (Å²) in [5.41, 5.74) is 0. The number of esters is 3. The second kappa shape index (κ2) is 66.8. The van der Waals surface area contributed by atoms with Crippen molar-refractivity contribution >= 4 is 17.9 Å². The Morgan fingerprint density at radius 2 is 0.506 bits per heavy atom. The van der Waals surface area contributed by atoms with Crippen LogP contribution in [0.1, 0.15) is 329 Å². The first-order chi connectivity index (χ1) is 39.0. The molecule has 0 aromatic carbocycles. The van der Waals surface area contributed by atoms with Gasteiger partial charge in [-0.3, -0.25) is 14.4 Å². The lowest BCUT2D eigenvalue weighted by Crippen LogP contribution is -2.30. The number of carbonyl (C=O) groups excluding carboxylic acids is 3. The number of carbonyl (C=O) groups is 3. The van der Waals surface area contributed by atoms with Gasteiger partial charge in [0.1, 0.15) is 13.2 Å². The van der Waals surface area contributed by atoms with Gasteiger partial charge in [0.2, 0.25) is 0 Å². The van der Waals surface area contributed by atoms with Crippen LogP contribution in [0, 0.1) is 0 Å². The molecule has 0 bridgehead atoms. The number of allylic oxidation sites excluding steroid dienone is 16. The average molecular weight is 1100 g/mol. The first-order valence-electron chi connectivity index (χ1n) is 33.7. The smallest absolute Gasteiger partial charge is 0.306 e. The van der Waals surface area contributed by atoms with Gasteiger partial charge in [-0.2, -0.15) is 0 Å². The summed E-state index contributed by atoms with van der Waals surface area (Å²) in [5, 5.41) is 0. The van der Waals surface area contributed by atoms with Crippen LogP contribution in [0.5, 0.6) is 0 Å². The molecule has 0 rings (SSSR count). The van der Waals surface area contributed by atoms with Crippen molar-refractivity contribution in [3.05, 3.63) is 97.2 Å². The molecule has 0 aliphatic rings. The van der Waals surface area contributed by atoms with Crippen LogP contribution >= 0.6 is 0 Å². The van der Waals surface area contributed by atoms with Crippen LogP contribution in [0.2, 0.25) is 0 Å². The van der Waals surface area contributed by atoms with Gasteiger partial charge in [-0.25, -0.2) is 0 Å². The highest BCUT2D eigenvalue weighted by Crippen LogP contribution is 2.17. The summed E-state index contributed by atoms with van der Waals surface area (Å²) < 4.78 is 16.9. The Bertz CT molecular complexity index is 1540. The maximum atomic E-state index is 12.9. The van der Waals surface area contributed by atoms with E-state index in [1.54, 1.807) is 0 Å². The van der Waals surface area contributed by atoms with E-state index < -0.39 is 6.10 Å². The van der Waals surface area contributed by atoms with E-state index in [4.69, 9.17) is 14.2 Å². The largest absolute Gasteiger partial charge is 0.462 e. The summed E-state index contributed by atoms with van der Waals surface area (Å²) in [4.78, 5) is 38.3. The summed E-state index contributed by atoms with van der Waals surface area (Å²) in [6.45, 7) is 6.48. The van der Waals surface area contributed by atoms with Gasteiger partial charge in [0.25, 0.3) is 0 Å². The Labute approximate surface area is 489 Å². The molecule has 0 heterocycles. The Morgan fingerprint density at radius 1 is 0.266 bits per heavy atom. The molecular formula is C73H126O6. The highest BCUT2D eigenvalue weighted by atomic mass is 16.6. The van der Waals surface area contributed by atoms with E-state index in [0.717, 1.165) is 103 Å². The molecular weight excluding hydrogens is 973 g/mol. The Morgan fingerprint density at radius 3 is 0.823 bits per heavy atom. The number of unbranched alkanes of at least 4 members (excludes halogenated alkanes) is 34. The standard InChI is InChI=1S/C73H126O6/c1-4-7-10-13-16-19-22-24-26-28-30-31-32-33-34-35-36-37-38-39-40-41-43-44-46-48-51-54-57-60-63-66-72(75)78-69-70(68-77-71(74)65-62-59-56-53-50-21-18-15-12-9-6-3)79-73(76)67-64-61-58-55-52-49-47-45-42-29-27-25-23-20-17-14-11-8-5-2/h7,10,15-20,24-27,30-31,33-34,70H,4-6,8-9,11-14,21-23,28-29,32,35-69H2,1-3H3/b10-7-,18-15-,19-16-,20-17-,26-24-,27-25-,31-30-,34-33-. The van der Waals surface area contributed by atoms with Crippen LogP contribution < -0.4 is 0 Å². The molecule has 0 amide bonds. The van der Waals surface area contributed by atoms with Crippen molar-refractivity contribution in [2.24, 2.45) is 0 Å². The molecule has 454 valence electrons. The normalized spacial score (nSPS) is 12.7. The molecule has 0 N–H and O–H groups in total. The van der Waals surface area contributed by atoms with Gasteiger partial charge in [0.15, 0.2) is 6.10 Å². The molecule has 0 spiro atoms. The van der Waals surface area contributed by atoms with Gasteiger partial charge >= 0.3 is 17.9 Å². The molecule has 0 aliphatic carbocycles. The van der Waals surface area contributed by atoms with Gasteiger partial charge in [0.05, 0.1) is 0 Å². The van der Waals surface area contributed by atoms with E-state index in [1.165, 1.54) is 186 Å². The lowest BCUT2D eigenvalue weighted by molar-refractivity contribution is -0.167. The fraction of sp³-hybridized carbons (Fsp3) is 0.740. The van der Waals surface area contributed by atoms with Gasteiger partial charge < -0.3 is 14.2 Å². The molecule has 0 aromatic rings. The number of hydrogen-bond donors (Lipinski definition) is 0. The fourth-order valence-electron chi connectivity index (χ4n) is 9.48. The third-order valence-corrected chi connectivity index (χ3v) is 14.5. The van der Waals surface area contributed by atoms with Gasteiger partial charge in [0, 0.05) is 19.3 Å². The van der Waals surface area contributed by atoms with E-state index in [1.807, 2.05) is 0 Å². The van der Waals surface area contributed by atoms with Crippen LogP contribution in [0.15, 0.2) is 97.2 Å². The van der Waals surface area contributed by atoms with E-state index >= 15 is 0 Å². The molecule has 6 heteroatoms. The molecule has 0 saturated carbocycles. The van der Waals surface area contributed by atoms with Crippen molar-refractivity contribution in [2.75, 3.05) is 13.2 Å². The van der Waals surface area contributed by atoms with Gasteiger partial charge in [-0.1, -0.05) is 291 Å². The minimum absolute atomic E-state index is 0.0794. The molecule has 0 radical (unpaired) electrons. The Balaban J connectivity index is 4.19. The number of rotatable bonds is 61. The fourth-order valence-corrected chi connectivity index (χ4v) is 9.48. The van der Waals surface area contributed by atoms with Crippen molar-refractivity contribution in [1.29, 1.82) is 0 Å². The maximum absolute atomic E-state index is 12.9. The molecule has 1 atom stereocenters. The van der Waals surface area contributed by atoms with Crippen LogP contribution in [0.25, 0.3) is 0 Å². The molecule has 0 aromatic heterocycles. The maximum Gasteiger partial charge on any atom is 0.306 e. The lowest BCUT2D eigenvalue weighted by atomic mass is 10.0. The predicted molar refractivity (Wildman–Crippen MR) is 344 cm³/mol. The predicted octanol–water partition coefficient (Wildman–Crippen LogP) is 23.2. The van der Waals surface area contributed by atoms with Crippen molar-refractivity contribution < 1.29 is 28.6 Å². The molecule has 0 saturated heterocycles. The zero-order valence-electron chi connectivity index (χ0n) is 52.1. The molecule has 79 heavy (non-hydrogen) atoms. The summed E-state index contributed by atoms with van der Waals surface area (Å²) in [7, 11) is 0. The van der Waals surface area contributed by atoms with Crippen LogP contribution in [-0.4, -0.2) is 37.2 Å². The highest BCUT2D eigenvalue weighted by Gasteiger charge is 2.19. The van der Waals surface area contributed by atoms with Crippen LogP contribution in [0.3, 0.4) is 0 Å². The zero-order chi connectivity index (χ0) is 57.1. The third-order valence-electron chi connectivity index (χ3n) is 14.5. The molecule has 0 aliphatic heterocycles. The second-order valence-electron chi connectivity index (χ2n) is 22.3. The minimum Gasteiger partial charge on any atom is -0.462 e. The van der Waals surface area contributed by atoms with Crippen molar-refractivity contribution in [3.8, 4) is 0 Å². The third kappa shape index (κ3) is 65.0. The van der Waals surface area contributed by atoms with Gasteiger partial charge in [-0.05, 0) is 116 Å². The Kier molecular flexibility index (Phi) is 63.7. The molecule has 6 nitrogen and oxygen atoms in total. The second-order valence-corrected chi connectivity index (χ2v) is 22.3. The molecule has 0 fully saturated rings. The number of hydrogen-bond acceptors (Lipinski definition) is 6. The first kappa shape index (κ1) is 75.3. The lowest BCUT2D eigenvalue weighted by Gasteiger charge is -2.18. The Hall–Kier alpha value is -3.67. The molecule has 1 unspecified atom stereocenters. The average Bonchev–Trinajstić information content (AvgIpc) is 3.45. The SMILES string of the molecule is CC/C=C\C/C=C\C/C=C\C/C=C\C/C=C\CCCCCCCCCCCCCCCCCC(=O)OCC(COC(=O)CCCCCCC/C=C\CCCC)OC(=O)CCCCCCCCCCC/C=C\C/C=C\CCCCC. The number of ether oxygens (including phenoxy) is 3. The van der Waals surface area contributed by atoms with E-state index in [2.05, 4.69) is 118 Å². The van der Waals surface area contributed by atoms with Crippen molar-refractivity contribution in [2.45, 2.75) is 335 Å². The summed E-state index contributed by atoms with van der Waals surface area (Å²) in [5.74, 6) is -0.882. The van der Waals surface area contributed by atoms with Crippen LogP contribution in [-0.2, 0) is 28.6 Å². The van der Waals surface area contributed by atoms with E-state index in [9.17, 15) is 14.4 Å². The summed E-state index contributed by atoms with van der Waals surface area (Å²) in [6, 6.07) is 0. The van der Waals surface area contributed by atoms with Crippen molar-refractivity contribution in [1.82, 2.24) is 0 Å². The van der Waals surface area contributed by atoms with Crippen LogP contribution in [0.4, 0.5) is 0 Å².